The zero-order valence-corrected chi connectivity index (χ0v) is 27.2. The first-order valence-electron chi connectivity index (χ1n) is 16.5. The third-order valence-electron chi connectivity index (χ3n) is 8.77. The van der Waals surface area contributed by atoms with Gasteiger partial charge in [0.25, 0.3) is 0 Å². The van der Waals surface area contributed by atoms with Gasteiger partial charge in [-0.3, -0.25) is 4.90 Å². The largest absolute Gasteiger partial charge is 0.392 e. The number of amides is 2. The van der Waals surface area contributed by atoms with E-state index in [0.717, 1.165) is 35.3 Å². The van der Waals surface area contributed by atoms with Crippen LogP contribution in [0.1, 0.15) is 52.7 Å². The molecule has 0 bridgehead atoms. The number of nitrogens with zero attached hydrogens (tertiary/aromatic N) is 1. The van der Waals surface area contributed by atoms with Crippen molar-refractivity contribution < 1.29 is 19.4 Å². The lowest BCUT2D eigenvalue weighted by atomic mass is 9.89. The maximum atomic E-state index is 12.8. The number of carbonyl (C=O) groups is 1. The van der Waals surface area contributed by atoms with Crippen LogP contribution >= 0.6 is 0 Å². The van der Waals surface area contributed by atoms with Crippen LogP contribution < -0.4 is 10.6 Å². The molecule has 3 N–H and O–H groups in total. The van der Waals surface area contributed by atoms with Crippen LogP contribution in [0.5, 0.6) is 0 Å². The molecule has 1 aliphatic heterocycles. The highest BCUT2D eigenvalue weighted by Gasteiger charge is 2.39. The molecule has 1 aliphatic rings. The molecule has 7 nitrogen and oxygen atoms in total. The second-order valence-electron chi connectivity index (χ2n) is 12.4. The Morgan fingerprint density at radius 2 is 1.29 bits per heavy atom. The summed E-state index contributed by atoms with van der Waals surface area (Å²) in [4.78, 5) is 15.2. The van der Waals surface area contributed by atoms with Crippen molar-refractivity contribution in [3.05, 3.63) is 173 Å². The van der Waals surface area contributed by atoms with Crippen LogP contribution in [-0.2, 0) is 35.7 Å². The van der Waals surface area contributed by atoms with E-state index in [0.29, 0.717) is 18.8 Å². The van der Waals surface area contributed by atoms with Gasteiger partial charge >= 0.3 is 6.03 Å². The fourth-order valence-electron chi connectivity index (χ4n) is 6.17. The molecular formula is C41H43N3O4. The van der Waals surface area contributed by atoms with Gasteiger partial charge in [-0.1, -0.05) is 134 Å². The lowest BCUT2D eigenvalue weighted by Crippen LogP contribution is -2.44. The Morgan fingerprint density at radius 1 is 0.688 bits per heavy atom. The summed E-state index contributed by atoms with van der Waals surface area (Å²) >= 11 is 0. The van der Waals surface area contributed by atoms with Crippen LogP contribution in [0, 0.1) is 5.92 Å². The van der Waals surface area contributed by atoms with Crippen molar-refractivity contribution in [2.45, 2.75) is 51.7 Å². The van der Waals surface area contributed by atoms with Crippen LogP contribution in [0.4, 0.5) is 10.5 Å². The zero-order valence-electron chi connectivity index (χ0n) is 27.2. The SMILES string of the molecule is C[C@H]1[C@@H](CN(Cc2ccccc2)Cc2ccccc2)O[C@@H](c2cccc(NC(=O)NCc3ccccc3)c2)O[C@H]1c1ccc(CO)cc1. The fraction of sp³-hybridized carbons (Fsp3) is 0.244. The third kappa shape index (κ3) is 8.97. The molecule has 7 heteroatoms. The Morgan fingerprint density at radius 3 is 1.90 bits per heavy atom. The summed E-state index contributed by atoms with van der Waals surface area (Å²) in [6, 6.07) is 46.2. The molecule has 0 spiro atoms. The van der Waals surface area contributed by atoms with Crippen LogP contribution in [0.3, 0.4) is 0 Å². The fourth-order valence-corrected chi connectivity index (χ4v) is 6.17. The van der Waals surface area contributed by atoms with Crippen molar-refractivity contribution in [3.63, 3.8) is 0 Å². The molecule has 0 aliphatic carbocycles. The van der Waals surface area contributed by atoms with Crippen molar-refractivity contribution in [3.8, 4) is 0 Å². The molecule has 6 rings (SSSR count). The van der Waals surface area contributed by atoms with Gasteiger partial charge in [0.05, 0.1) is 18.8 Å². The van der Waals surface area contributed by atoms with Crippen molar-refractivity contribution in [1.82, 2.24) is 10.2 Å². The van der Waals surface area contributed by atoms with Gasteiger partial charge in [0.15, 0.2) is 6.29 Å². The second kappa shape index (κ2) is 16.4. The van der Waals surface area contributed by atoms with Gasteiger partial charge in [-0.25, -0.2) is 4.79 Å². The summed E-state index contributed by atoms with van der Waals surface area (Å²) in [5.74, 6) is 0.0281. The average molecular weight is 642 g/mol. The molecule has 5 aromatic carbocycles. The zero-order chi connectivity index (χ0) is 33.1. The highest BCUT2D eigenvalue weighted by atomic mass is 16.7. The van der Waals surface area contributed by atoms with Crippen LogP contribution in [-0.4, -0.2) is 28.7 Å². The first-order chi connectivity index (χ1) is 23.5. The number of aliphatic hydroxyl groups is 1. The van der Waals surface area contributed by atoms with Gasteiger partial charge in [0.2, 0.25) is 0 Å². The molecular weight excluding hydrogens is 598 g/mol. The second-order valence-corrected chi connectivity index (χ2v) is 12.4. The first-order valence-corrected chi connectivity index (χ1v) is 16.5. The molecule has 0 radical (unpaired) electrons. The van der Waals surface area contributed by atoms with E-state index in [4.69, 9.17) is 9.47 Å². The molecule has 0 unspecified atom stereocenters. The number of carbonyl (C=O) groups excluding carboxylic acids is 1. The number of anilines is 1. The topological polar surface area (TPSA) is 83.1 Å². The summed E-state index contributed by atoms with van der Waals surface area (Å²) in [6.45, 7) is 4.85. The number of nitrogens with one attached hydrogen (secondary N) is 2. The standard InChI is InChI=1S/C41H43N3O4/c1-30-38(28-44(26-32-14-7-3-8-15-32)27-33-16-9-4-10-17-33)47-40(48-39(30)35-22-20-34(29-45)21-23-35)36-18-11-19-37(24-36)43-41(46)42-25-31-12-5-2-6-13-31/h2-24,30,38-40,45H,25-29H2,1H3,(H2,42,43,46)/t30-,38+,39+,40+/m0/s1. The molecule has 1 saturated heterocycles. The molecule has 0 aromatic heterocycles. The van der Waals surface area contributed by atoms with E-state index in [1.54, 1.807) is 0 Å². The van der Waals surface area contributed by atoms with Gasteiger partial charge < -0.3 is 25.2 Å². The summed E-state index contributed by atoms with van der Waals surface area (Å²) in [7, 11) is 0. The van der Waals surface area contributed by atoms with Gasteiger partial charge in [-0.2, -0.15) is 0 Å². The molecule has 0 saturated carbocycles. The van der Waals surface area contributed by atoms with E-state index >= 15 is 0 Å². The van der Waals surface area contributed by atoms with Crippen LogP contribution in [0.2, 0.25) is 0 Å². The molecule has 1 fully saturated rings. The van der Waals surface area contributed by atoms with Crippen molar-refractivity contribution >= 4 is 11.7 Å². The van der Waals surface area contributed by atoms with Gasteiger partial charge in [-0.15, -0.1) is 0 Å². The van der Waals surface area contributed by atoms with E-state index in [9.17, 15) is 9.90 Å². The Bertz CT molecular complexity index is 1680. The maximum absolute atomic E-state index is 12.8. The quantitative estimate of drug-likeness (QED) is 0.129. The predicted octanol–water partition coefficient (Wildman–Crippen LogP) is 7.99. The highest BCUT2D eigenvalue weighted by molar-refractivity contribution is 5.89. The number of benzene rings is 5. The Kier molecular flexibility index (Phi) is 11.3. The minimum Gasteiger partial charge on any atom is -0.392 e. The van der Waals surface area contributed by atoms with E-state index in [1.807, 2.05) is 91.0 Å². The Labute approximate surface area is 283 Å². The molecule has 4 atom stereocenters. The Hall–Kier alpha value is -4.79. The normalized spacial score (nSPS) is 19.1. The molecule has 2 amide bonds. The Balaban J connectivity index is 1.24. The number of urea groups is 1. The van der Waals surface area contributed by atoms with Crippen molar-refractivity contribution in [2.24, 2.45) is 5.92 Å². The number of rotatable bonds is 12. The summed E-state index contributed by atoms with van der Waals surface area (Å²) in [5.41, 5.74) is 6.87. The molecule has 246 valence electrons. The smallest absolute Gasteiger partial charge is 0.319 e. The number of hydrogen-bond donors (Lipinski definition) is 3. The molecule has 48 heavy (non-hydrogen) atoms. The maximum Gasteiger partial charge on any atom is 0.319 e. The average Bonchev–Trinajstić information content (AvgIpc) is 3.13. The minimum atomic E-state index is -0.654. The van der Waals surface area contributed by atoms with Crippen LogP contribution in [0.15, 0.2) is 140 Å². The first kappa shape index (κ1) is 33.1. The van der Waals surface area contributed by atoms with E-state index in [2.05, 4.69) is 71.0 Å². The van der Waals surface area contributed by atoms with E-state index in [1.165, 1.54) is 11.1 Å². The third-order valence-corrected chi connectivity index (χ3v) is 8.77. The molecule has 1 heterocycles. The van der Waals surface area contributed by atoms with Crippen molar-refractivity contribution in [1.29, 1.82) is 0 Å². The monoisotopic (exact) mass is 641 g/mol. The van der Waals surface area contributed by atoms with Gasteiger partial charge in [-0.05, 0) is 39.9 Å². The van der Waals surface area contributed by atoms with E-state index in [-0.39, 0.29) is 30.8 Å². The minimum absolute atomic E-state index is 0.0115. The van der Waals surface area contributed by atoms with Gasteiger partial charge in [0.1, 0.15) is 0 Å². The lowest BCUT2D eigenvalue weighted by Gasteiger charge is -2.43. The van der Waals surface area contributed by atoms with Crippen LogP contribution in [0.25, 0.3) is 0 Å². The lowest BCUT2D eigenvalue weighted by molar-refractivity contribution is -0.276. The highest BCUT2D eigenvalue weighted by Crippen LogP contribution is 2.42. The number of hydrogen-bond acceptors (Lipinski definition) is 5. The number of aliphatic hydroxyl groups excluding tert-OH is 1. The number of ether oxygens (including phenoxy) is 2. The van der Waals surface area contributed by atoms with Gasteiger partial charge in [0, 0.05) is 43.3 Å². The summed E-state index contributed by atoms with van der Waals surface area (Å²) in [5, 5.41) is 15.5. The summed E-state index contributed by atoms with van der Waals surface area (Å²) < 4.78 is 13.5. The molecule has 5 aromatic rings. The summed E-state index contributed by atoms with van der Waals surface area (Å²) in [6.07, 6.45) is -1.06. The predicted molar refractivity (Wildman–Crippen MR) is 189 cm³/mol. The van der Waals surface area contributed by atoms with Crippen molar-refractivity contribution in [2.75, 3.05) is 11.9 Å². The van der Waals surface area contributed by atoms with E-state index < -0.39 is 6.29 Å².